The second-order valence-electron chi connectivity index (χ2n) is 6.65. The largest absolute Gasteiger partial charge is 0.326 e. The normalized spacial score (nSPS) is 13.9. The summed E-state index contributed by atoms with van der Waals surface area (Å²) in [5, 5.41) is 3.45. The molecule has 0 saturated heterocycles. The number of hydrogen-bond acceptors (Lipinski definition) is 3. The van der Waals surface area contributed by atoms with Crippen LogP contribution in [0.2, 0.25) is 5.02 Å². The Bertz CT molecular complexity index is 944. The van der Waals surface area contributed by atoms with Gasteiger partial charge in [-0.25, -0.2) is 8.42 Å². The molecule has 0 fully saturated rings. The number of rotatable bonds is 6. The number of halogens is 1. The zero-order valence-corrected chi connectivity index (χ0v) is 16.8. The fraction of sp³-hybridized carbons (Fsp3) is 0.350. The summed E-state index contributed by atoms with van der Waals surface area (Å²) in [7, 11) is -3.30. The third-order valence-corrected chi connectivity index (χ3v) is 6.89. The second kappa shape index (κ2) is 8.31. The Balaban J connectivity index is 1.76. The van der Waals surface area contributed by atoms with Crippen molar-refractivity contribution in [2.45, 2.75) is 32.6 Å². The number of carbonyl (C=O) groups is 1. The van der Waals surface area contributed by atoms with E-state index in [2.05, 4.69) is 5.32 Å². The third kappa shape index (κ3) is 4.62. The van der Waals surface area contributed by atoms with Crippen molar-refractivity contribution in [1.82, 2.24) is 0 Å². The molecule has 3 rings (SSSR count). The highest BCUT2D eigenvalue weighted by atomic mass is 35.5. The molecule has 0 radical (unpaired) electrons. The molecule has 5 nitrogen and oxygen atoms in total. The van der Waals surface area contributed by atoms with E-state index in [1.165, 1.54) is 4.31 Å². The van der Waals surface area contributed by atoms with E-state index >= 15 is 0 Å². The van der Waals surface area contributed by atoms with E-state index in [1.807, 2.05) is 31.2 Å². The van der Waals surface area contributed by atoms with Crippen LogP contribution in [-0.4, -0.2) is 26.6 Å². The van der Waals surface area contributed by atoms with Crippen LogP contribution in [0, 0.1) is 0 Å². The van der Waals surface area contributed by atoms with Crippen molar-refractivity contribution < 1.29 is 13.2 Å². The molecule has 0 aliphatic carbocycles. The van der Waals surface area contributed by atoms with Crippen molar-refractivity contribution in [2.24, 2.45) is 0 Å². The monoisotopic (exact) mass is 406 g/mol. The third-order valence-electron chi connectivity index (χ3n) is 4.55. The Hall–Kier alpha value is -2.05. The van der Waals surface area contributed by atoms with Crippen LogP contribution in [0.3, 0.4) is 0 Å². The fourth-order valence-electron chi connectivity index (χ4n) is 3.32. The number of carbonyl (C=O) groups excluding carboxylic acids is 1. The van der Waals surface area contributed by atoms with E-state index in [0.717, 1.165) is 29.7 Å². The molecule has 0 aromatic heterocycles. The average Bonchev–Trinajstić information content (AvgIpc) is 2.63. The van der Waals surface area contributed by atoms with Crippen LogP contribution in [0.4, 0.5) is 11.4 Å². The molecule has 0 unspecified atom stereocenters. The number of amides is 1. The lowest BCUT2D eigenvalue weighted by Crippen LogP contribution is -2.37. The summed E-state index contributed by atoms with van der Waals surface area (Å²) in [5.41, 5.74) is 3.10. The molecule has 0 atom stereocenters. The van der Waals surface area contributed by atoms with Crippen molar-refractivity contribution in [1.29, 1.82) is 0 Å². The van der Waals surface area contributed by atoms with Gasteiger partial charge in [-0.2, -0.15) is 0 Å². The first-order chi connectivity index (χ1) is 12.9. The van der Waals surface area contributed by atoms with Gasteiger partial charge >= 0.3 is 0 Å². The lowest BCUT2D eigenvalue weighted by molar-refractivity contribution is -0.115. The van der Waals surface area contributed by atoms with Crippen LogP contribution in [0.15, 0.2) is 42.5 Å². The first kappa shape index (κ1) is 19.7. The Morgan fingerprint density at radius 1 is 1.22 bits per heavy atom. The van der Waals surface area contributed by atoms with Gasteiger partial charge in [0.25, 0.3) is 0 Å². The van der Waals surface area contributed by atoms with E-state index in [-0.39, 0.29) is 18.1 Å². The Morgan fingerprint density at radius 2 is 2.00 bits per heavy atom. The molecule has 2 aromatic rings. The molecule has 7 heteroatoms. The molecule has 0 spiro atoms. The van der Waals surface area contributed by atoms with Crippen LogP contribution in [0.1, 0.15) is 30.9 Å². The lowest BCUT2D eigenvalue weighted by atomic mass is 10.0. The number of nitrogens with zero attached hydrogens (tertiary/aromatic N) is 1. The predicted octanol–water partition coefficient (Wildman–Crippen LogP) is 4.01. The molecule has 27 heavy (non-hydrogen) atoms. The van der Waals surface area contributed by atoms with Gasteiger partial charge in [0.2, 0.25) is 15.9 Å². The molecule has 1 aliphatic heterocycles. The van der Waals surface area contributed by atoms with E-state index < -0.39 is 10.0 Å². The van der Waals surface area contributed by atoms with E-state index in [0.29, 0.717) is 23.7 Å². The molecule has 1 amide bonds. The highest BCUT2D eigenvalue weighted by Gasteiger charge is 2.26. The van der Waals surface area contributed by atoms with E-state index in [1.54, 1.807) is 18.2 Å². The van der Waals surface area contributed by atoms with Crippen LogP contribution in [0.25, 0.3) is 0 Å². The number of hydrogen-bond donors (Lipinski definition) is 1. The summed E-state index contributed by atoms with van der Waals surface area (Å²) >= 11 is 6.11. The van der Waals surface area contributed by atoms with Gasteiger partial charge in [0.15, 0.2) is 0 Å². The summed E-state index contributed by atoms with van der Waals surface area (Å²) < 4.78 is 26.5. The van der Waals surface area contributed by atoms with Crippen LogP contribution in [0.5, 0.6) is 0 Å². The van der Waals surface area contributed by atoms with Gasteiger partial charge in [-0.1, -0.05) is 36.7 Å². The quantitative estimate of drug-likeness (QED) is 0.788. The molecular formula is C20H23ClN2O3S. The highest BCUT2D eigenvalue weighted by molar-refractivity contribution is 7.92. The maximum atomic E-state index is 12.5. The van der Waals surface area contributed by atoms with Gasteiger partial charge in [-0.3, -0.25) is 9.10 Å². The topological polar surface area (TPSA) is 66.5 Å². The minimum Gasteiger partial charge on any atom is -0.326 e. The van der Waals surface area contributed by atoms with Crippen molar-refractivity contribution in [2.75, 3.05) is 21.9 Å². The SMILES string of the molecule is CCCS(=O)(=O)N1CCCc2cc(NC(=O)Cc3ccccc3Cl)ccc21. The summed E-state index contributed by atoms with van der Waals surface area (Å²) in [4.78, 5) is 12.3. The molecule has 2 aromatic carbocycles. The maximum absolute atomic E-state index is 12.5. The minimum absolute atomic E-state index is 0.142. The molecular weight excluding hydrogens is 384 g/mol. The Morgan fingerprint density at radius 3 is 2.74 bits per heavy atom. The number of fused-ring (bicyclic) bond motifs is 1. The van der Waals surface area contributed by atoms with E-state index in [4.69, 9.17) is 11.6 Å². The molecule has 0 bridgehead atoms. The zero-order valence-electron chi connectivity index (χ0n) is 15.2. The van der Waals surface area contributed by atoms with Gasteiger partial charge in [0, 0.05) is 17.3 Å². The number of sulfonamides is 1. The molecule has 0 saturated carbocycles. The second-order valence-corrected chi connectivity index (χ2v) is 9.07. The summed E-state index contributed by atoms with van der Waals surface area (Å²) in [6, 6.07) is 12.7. The van der Waals surface area contributed by atoms with Crippen LogP contribution >= 0.6 is 11.6 Å². The highest BCUT2D eigenvalue weighted by Crippen LogP contribution is 2.32. The van der Waals surface area contributed by atoms with Crippen LogP contribution < -0.4 is 9.62 Å². The van der Waals surface area contributed by atoms with Gasteiger partial charge < -0.3 is 5.32 Å². The predicted molar refractivity (Wildman–Crippen MR) is 110 cm³/mol. The first-order valence-electron chi connectivity index (χ1n) is 9.07. The van der Waals surface area contributed by atoms with Crippen molar-refractivity contribution in [3.05, 3.63) is 58.6 Å². The molecule has 1 aliphatic rings. The zero-order chi connectivity index (χ0) is 19.4. The van der Waals surface area contributed by atoms with Crippen molar-refractivity contribution >= 4 is 38.9 Å². The van der Waals surface area contributed by atoms with Gasteiger partial charge in [-0.15, -0.1) is 0 Å². The maximum Gasteiger partial charge on any atom is 0.235 e. The number of nitrogens with one attached hydrogen (secondary N) is 1. The standard InChI is InChI=1S/C20H23ClN2O3S/c1-2-12-27(25,26)23-11-5-7-16-13-17(9-10-19(16)23)22-20(24)14-15-6-3-4-8-18(15)21/h3-4,6,8-10,13H,2,5,7,11-12,14H2,1H3,(H,22,24). The smallest absolute Gasteiger partial charge is 0.235 e. The number of anilines is 2. The van der Waals surface area contributed by atoms with Gasteiger partial charge in [0.1, 0.15) is 0 Å². The minimum atomic E-state index is -3.30. The molecule has 1 N–H and O–H groups in total. The Labute approximate surface area is 165 Å². The summed E-state index contributed by atoms with van der Waals surface area (Å²) in [6.45, 7) is 2.37. The van der Waals surface area contributed by atoms with Gasteiger partial charge in [-0.05, 0) is 54.7 Å². The summed E-state index contributed by atoms with van der Waals surface area (Å²) in [5.74, 6) is -0.0164. The van der Waals surface area contributed by atoms with Crippen molar-refractivity contribution in [3.8, 4) is 0 Å². The summed E-state index contributed by atoms with van der Waals surface area (Å²) in [6.07, 6.45) is 2.34. The average molecular weight is 407 g/mol. The molecule has 1 heterocycles. The first-order valence-corrected chi connectivity index (χ1v) is 11.1. The molecule has 144 valence electrons. The van der Waals surface area contributed by atoms with Gasteiger partial charge in [0.05, 0.1) is 17.9 Å². The Kier molecular flexibility index (Phi) is 6.07. The van der Waals surface area contributed by atoms with E-state index in [9.17, 15) is 13.2 Å². The lowest BCUT2D eigenvalue weighted by Gasteiger charge is -2.30. The number of aryl methyl sites for hydroxylation is 1. The fourth-order valence-corrected chi connectivity index (χ4v) is 5.14. The number of benzene rings is 2. The van der Waals surface area contributed by atoms with Crippen molar-refractivity contribution in [3.63, 3.8) is 0 Å². The van der Waals surface area contributed by atoms with Crippen LogP contribution in [-0.2, 0) is 27.7 Å².